The van der Waals surface area contributed by atoms with Gasteiger partial charge in [0.05, 0.1) is 4.88 Å². The van der Waals surface area contributed by atoms with Crippen molar-refractivity contribution in [1.29, 1.82) is 0 Å². The third-order valence-corrected chi connectivity index (χ3v) is 5.80. The van der Waals surface area contributed by atoms with E-state index in [-0.39, 0.29) is 5.91 Å². The second kappa shape index (κ2) is 6.62. The molecule has 1 aliphatic heterocycles. The molecular formula is C14H21NOS2. The fraction of sp³-hybridized carbons (Fsp3) is 0.643. The van der Waals surface area contributed by atoms with Crippen molar-refractivity contribution in [1.82, 2.24) is 5.32 Å². The molecule has 0 aliphatic carbocycles. The number of rotatable bonds is 5. The van der Waals surface area contributed by atoms with E-state index in [1.54, 1.807) is 11.3 Å². The lowest BCUT2D eigenvalue weighted by molar-refractivity contribution is 0.0950. The van der Waals surface area contributed by atoms with Crippen molar-refractivity contribution < 1.29 is 4.79 Å². The Bertz CT molecular complexity index is 386. The van der Waals surface area contributed by atoms with Gasteiger partial charge in [0.15, 0.2) is 0 Å². The van der Waals surface area contributed by atoms with Gasteiger partial charge in [-0.1, -0.05) is 26.7 Å². The van der Waals surface area contributed by atoms with Crippen molar-refractivity contribution >= 4 is 29.0 Å². The first-order chi connectivity index (χ1) is 8.74. The van der Waals surface area contributed by atoms with E-state index in [9.17, 15) is 4.79 Å². The van der Waals surface area contributed by atoms with E-state index in [0.717, 1.165) is 36.4 Å². The Hall–Kier alpha value is -0.480. The summed E-state index contributed by atoms with van der Waals surface area (Å²) in [5.41, 5.74) is 1.38. The molecule has 0 atom stereocenters. The van der Waals surface area contributed by atoms with Gasteiger partial charge in [0.25, 0.3) is 5.91 Å². The first-order valence-corrected chi connectivity index (χ1v) is 8.69. The monoisotopic (exact) mass is 283 g/mol. The minimum atomic E-state index is 0.117. The molecule has 0 saturated carbocycles. The normalized spacial score (nSPS) is 14.6. The Morgan fingerprint density at radius 2 is 2.22 bits per heavy atom. The highest BCUT2D eigenvalue weighted by Gasteiger charge is 2.17. The Morgan fingerprint density at radius 3 is 2.89 bits per heavy atom. The molecule has 4 heteroatoms. The molecule has 1 N–H and O–H groups in total. The van der Waals surface area contributed by atoms with Gasteiger partial charge in [0.1, 0.15) is 0 Å². The number of hydrogen-bond donors (Lipinski definition) is 1. The van der Waals surface area contributed by atoms with Crippen LogP contribution in [0.5, 0.6) is 0 Å². The van der Waals surface area contributed by atoms with Gasteiger partial charge < -0.3 is 5.32 Å². The molecule has 2 heterocycles. The predicted octanol–water partition coefficient (Wildman–Crippen LogP) is 3.70. The van der Waals surface area contributed by atoms with Gasteiger partial charge in [0, 0.05) is 17.2 Å². The predicted molar refractivity (Wildman–Crippen MR) is 80.6 cm³/mol. The Labute approximate surface area is 118 Å². The maximum Gasteiger partial charge on any atom is 0.261 e. The molecule has 2 rings (SSSR count). The molecule has 2 nitrogen and oxygen atoms in total. The lowest BCUT2D eigenvalue weighted by Crippen LogP contribution is -2.28. The zero-order valence-electron chi connectivity index (χ0n) is 11.1. The van der Waals surface area contributed by atoms with Gasteiger partial charge in [0.2, 0.25) is 0 Å². The number of carbonyl (C=O) groups is 1. The Kier molecular flexibility index (Phi) is 5.13. The van der Waals surface area contributed by atoms with Crippen molar-refractivity contribution in [2.24, 2.45) is 5.92 Å². The van der Waals surface area contributed by atoms with Crippen molar-refractivity contribution in [2.45, 2.75) is 38.9 Å². The molecule has 1 aromatic heterocycles. The molecule has 100 valence electrons. The van der Waals surface area contributed by atoms with E-state index in [0.29, 0.717) is 5.92 Å². The van der Waals surface area contributed by atoms with Gasteiger partial charge in [-0.25, -0.2) is 0 Å². The molecule has 0 radical (unpaired) electrons. The molecular weight excluding hydrogens is 262 g/mol. The van der Waals surface area contributed by atoms with E-state index in [4.69, 9.17) is 0 Å². The summed E-state index contributed by atoms with van der Waals surface area (Å²) in [6.07, 6.45) is 3.40. The zero-order valence-corrected chi connectivity index (χ0v) is 12.8. The second-order valence-electron chi connectivity index (χ2n) is 4.75. The minimum Gasteiger partial charge on any atom is -0.351 e. The molecule has 0 spiro atoms. The number of carbonyl (C=O) groups excluding carboxylic acids is 1. The lowest BCUT2D eigenvalue weighted by Gasteiger charge is -2.12. The van der Waals surface area contributed by atoms with E-state index >= 15 is 0 Å². The lowest BCUT2D eigenvalue weighted by atomic mass is 10.0. The van der Waals surface area contributed by atoms with Crippen LogP contribution in [-0.4, -0.2) is 18.2 Å². The number of fused-ring (bicyclic) bond motifs is 1. The summed E-state index contributed by atoms with van der Waals surface area (Å²) >= 11 is 3.65. The van der Waals surface area contributed by atoms with Crippen LogP contribution in [0.25, 0.3) is 0 Å². The molecule has 0 unspecified atom stereocenters. The van der Waals surface area contributed by atoms with Crippen molar-refractivity contribution in [3.63, 3.8) is 0 Å². The topological polar surface area (TPSA) is 29.1 Å². The molecule has 0 bridgehead atoms. The summed E-state index contributed by atoms with van der Waals surface area (Å²) in [5.74, 6) is 3.00. The number of hydrogen-bond acceptors (Lipinski definition) is 3. The summed E-state index contributed by atoms with van der Waals surface area (Å²) in [7, 11) is 0. The molecule has 18 heavy (non-hydrogen) atoms. The highest BCUT2D eigenvalue weighted by molar-refractivity contribution is 7.98. The van der Waals surface area contributed by atoms with Crippen molar-refractivity contribution in [3.05, 3.63) is 21.4 Å². The Balaban J connectivity index is 1.94. The van der Waals surface area contributed by atoms with Crippen LogP contribution in [0.15, 0.2) is 6.07 Å². The minimum absolute atomic E-state index is 0.117. The van der Waals surface area contributed by atoms with Crippen LogP contribution in [-0.2, 0) is 12.2 Å². The number of nitrogens with one attached hydrogen (secondary N) is 1. The summed E-state index contributed by atoms with van der Waals surface area (Å²) in [6, 6.07) is 2.09. The van der Waals surface area contributed by atoms with Crippen LogP contribution < -0.4 is 5.32 Å². The van der Waals surface area contributed by atoms with E-state index < -0.39 is 0 Å². The molecule has 1 aliphatic rings. The molecule has 0 saturated heterocycles. The fourth-order valence-electron chi connectivity index (χ4n) is 2.16. The van der Waals surface area contributed by atoms with Gasteiger partial charge in [-0.05, 0) is 29.7 Å². The number of aryl methyl sites for hydroxylation is 1. The van der Waals surface area contributed by atoms with Gasteiger partial charge in [-0.2, -0.15) is 11.8 Å². The van der Waals surface area contributed by atoms with Crippen LogP contribution in [0.2, 0.25) is 0 Å². The van der Waals surface area contributed by atoms with Crippen LogP contribution in [0, 0.1) is 5.92 Å². The van der Waals surface area contributed by atoms with E-state index in [1.165, 1.54) is 16.2 Å². The van der Waals surface area contributed by atoms with Crippen LogP contribution >= 0.6 is 23.1 Å². The first-order valence-electron chi connectivity index (χ1n) is 6.72. The summed E-state index contributed by atoms with van der Waals surface area (Å²) < 4.78 is 0. The van der Waals surface area contributed by atoms with Gasteiger partial charge in [-0.3, -0.25) is 4.79 Å². The Morgan fingerprint density at radius 1 is 1.44 bits per heavy atom. The second-order valence-corrected chi connectivity index (χ2v) is 7.00. The maximum atomic E-state index is 12.1. The standard InChI is InChI=1S/C14H21NOS2/c1-3-10(4-2)8-15-14(16)13-7-11-9-17-6-5-12(11)18-13/h7,10H,3-6,8-9H2,1-2H3,(H,15,16). The third kappa shape index (κ3) is 3.29. The third-order valence-electron chi connectivity index (χ3n) is 3.56. The molecule has 1 aromatic rings. The van der Waals surface area contributed by atoms with Crippen molar-refractivity contribution in [3.8, 4) is 0 Å². The average molecular weight is 283 g/mol. The van der Waals surface area contributed by atoms with E-state index in [2.05, 4.69) is 25.2 Å². The maximum absolute atomic E-state index is 12.1. The zero-order chi connectivity index (χ0) is 13.0. The summed E-state index contributed by atoms with van der Waals surface area (Å²) in [4.78, 5) is 14.4. The van der Waals surface area contributed by atoms with Crippen LogP contribution in [0.4, 0.5) is 0 Å². The average Bonchev–Trinajstić information content (AvgIpc) is 2.83. The highest BCUT2D eigenvalue weighted by Crippen LogP contribution is 2.31. The van der Waals surface area contributed by atoms with Gasteiger partial charge in [-0.15, -0.1) is 11.3 Å². The van der Waals surface area contributed by atoms with Crippen LogP contribution in [0.1, 0.15) is 46.8 Å². The smallest absolute Gasteiger partial charge is 0.261 e. The molecule has 1 amide bonds. The molecule has 0 aromatic carbocycles. The first kappa shape index (κ1) is 13.9. The molecule has 0 fully saturated rings. The number of thiophene rings is 1. The largest absolute Gasteiger partial charge is 0.351 e. The fourth-order valence-corrected chi connectivity index (χ4v) is 4.45. The van der Waals surface area contributed by atoms with E-state index in [1.807, 2.05) is 11.8 Å². The highest BCUT2D eigenvalue weighted by atomic mass is 32.2. The number of amides is 1. The summed E-state index contributed by atoms with van der Waals surface area (Å²) in [6.45, 7) is 5.17. The summed E-state index contributed by atoms with van der Waals surface area (Å²) in [5, 5.41) is 3.07. The van der Waals surface area contributed by atoms with Crippen molar-refractivity contribution in [2.75, 3.05) is 12.3 Å². The van der Waals surface area contributed by atoms with Gasteiger partial charge >= 0.3 is 0 Å². The quantitative estimate of drug-likeness (QED) is 0.892. The van der Waals surface area contributed by atoms with Crippen LogP contribution in [0.3, 0.4) is 0 Å². The SMILES string of the molecule is CCC(CC)CNC(=O)c1cc2c(s1)CCSC2. The number of thioether (sulfide) groups is 1.